The van der Waals surface area contributed by atoms with Gasteiger partial charge in [-0.25, -0.2) is 0 Å². The summed E-state index contributed by atoms with van der Waals surface area (Å²) in [4.78, 5) is 0. The molecule has 0 saturated heterocycles. The molecule has 0 bridgehead atoms. The molecule has 15 heavy (non-hydrogen) atoms. The summed E-state index contributed by atoms with van der Waals surface area (Å²) < 4.78 is 0. The highest BCUT2D eigenvalue weighted by molar-refractivity contribution is 6.94. The number of hydrogen-bond donors (Lipinski definition) is 0. The van der Waals surface area contributed by atoms with E-state index in [0.29, 0.717) is 0 Å². The van der Waals surface area contributed by atoms with E-state index in [1.165, 1.54) is 10.8 Å². The summed E-state index contributed by atoms with van der Waals surface area (Å²) in [5, 5.41) is 1.44. The third kappa shape index (κ3) is 2.82. The van der Waals surface area contributed by atoms with Gasteiger partial charge in [0, 0.05) is 0 Å². The Morgan fingerprint density at radius 3 is 2.53 bits per heavy atom. The summed E-state index contributed by atoms with van der Waals surface area (Å²) in [6, 6.07) is 8.52. The lowest BCUT2D eigenvalue weighted by Gasteiger charge is -2.20. The van der Waals surface area contributed by atoms with Crippen molar-refractivity contribution in [2.45, 2.75) is 20.0 Å². The van der Waals surface area contributed by atoms with Crippen LogP contribution in [0.2, 0.25) is 13.1 Å². The normalized spacial score (nSPS) is 11.4. The van der Waals surface area contributed by atoms with E-state index in [1.54, 1.807) is 0 Å². The van der Waals surface area contributed by atoms with Crippen molar-refractivity contribution in [3.8, 4) is 0 Å². The van der Waals surface area contributed by atoms with Crippen LogP contribution < -0.4 is 5.19 Å². The van der Waals surface area contributed by atoms with Crippen LogP contribution in [0.15, 0.2) is 48.4 Å². The number of rotatable bonds is 3. The van der Waals surface area contributed by atoms with Gasteiger partial charge in [0.15, 0.2) is 0 Å². The molecule has 0 radical (unpaired) electrons. The molecule has 1 rings (SSSR count). The molecule has 0 nitrogen and oxygen atoms in total. The van der Waals surface area contributed by atoms with Crippen LogP contribution in [0.5, 0.6) is 0 Å². The van der Waals surface area contributed by atoms with E-state index in [2.05, 4.69) is 68.4 Å². The Morgan fingerprint density at radius 2 is 1.93 bits per heavy atom. The van der Waals surface area contributed by atoms with Gasteiger partial charge in [0.05, 0.1) is 0 Å². The Kier molecular flexibility index (Phi) is 3.90. The summed E-state index contributed by atoms with van der Waals surface area (Å²) >= 11 is 0. The van der Waals surface area contributed by atoms with Gasteiger partial charge in [-0.3, -0.25) is 0 Å². The molecule has 78 valence electrons. The molecule has 0 aliphatic heterocycles. The zero-order chi connectivity index (χ0) is 11.3. The third-order valence-corrected chi connectivity index (χ3v) is 5.51. The molecule has 0 N–H and O–H groups in total. The fourth-order valence-corrected chi connectivity index (χ4v) is 4.26. The minimum absolute atomic E-state index is 1.25. The van der Waals surface area contributed by atoms with E-state index < -0.39 is 8.07 Å². The quantitative estimate of drug-likeness (QED) is 0.533. The summed E-state index contributed by atoms with van der Waals surface area (Å²) in [5.74, 6) is 0. The molecule has 0 aliphatic carbocycles. The topological polar surface area (TPSA) is 0 Å². The van der Waals surface area contributed by atoms with Crippen LogP contribution in [-0.4, -0.2) is 8.07 Å². The van der Waals surface area contributed by atoms with Crippen molar-refractivity contribution in [1.29, 1.82) is 0 Å². The second-order valence-electron chi connectivity index (χ2n) is 4.16. The minimum Gasteiger partial charge on any atom is -0.128 e. The van der Waals surface area contributed by atoms with Gasteiger partial charge in [0.2, 0.25) is 0 Å². The van der Waals surface area contributed by atoms with E-state index in [4.69, 9.17) is 0 Å². The number of allylic oxidation sites excluding steroid dienone is 1. The van der Waals surface area contributed by atoms with Crippen molar-refractivity contribution < 1.29 is 0 Å². The summed E-state index contributed by atoms with van der Waals surface area (Å²) in [5.41, 5.74) is 6.46. The second kappa shape index (κ2) is 4.97. The summed E-state index contributed by atoms with van der Waals surface area (Å²) in [7, 11) is -1.44. The highest BCUT2D eigenvalue weighted by Crippen LogP contribution is 2.10. The molecule has 0 fully saturated rings. The molecule has 0 saturated carbocycles. The Hall–Kier alpha value is -1.30. The molecule has 0 unspecified atom stereocenters. The van der Waals surface area contributed by atoms with Crippen molar-refractivity contribution in [3.63, 3.8) is 0 Å². The first-order valence-electron chi connectivity index (χ1n) is 5.21. The van der Waals surface area contributed by atoms with Gasteiger partial charge in [-0.15, -0.1) is 5.73 Å². The van der Waals surface area contributed by atoms with E-state index in [-0.39, 0.29) is 0 Å². The van der Waals surface area contributed by atoms with E-state index in [0.717, 1.165) is 0 Å². The summed E-state index contributed by atoms with van der Waals surface area (Å²) in [6.45, 7) is 10.4. The van der Waals surface area contributed by atoms with Gasteiger partial charge in [0.1, 0.15) is 8.07 Å². The molecular weight excluding hydrogens is 196 g/mol. The lowest BCUT2D eigenvalue weighted by molar-refractivity contribution is 1.65. The maximum Gasteiger partial charge on any atom is 0.104 e. The molecule has 1 heteroatoms. The van der Waals surface area contributed by atoms with Crippen LogP contribution in [0, 0.1) is 0 Å². The maximum absolute atomic E-state index is 3.64. The zero-order valence-electron chi connectivity index (χ0n) is 9.75. The second-order valence-corrected chi connectivity index (χ2v) is 8.47. The van der Waals surface area contributed by atoms with Crippen LogP contribution in [0.3, 0.4) is 0 Å². The molecule has 0 aliphatic rings. The summed E-state index contributed by atoms with van der Waals surface area (Å²) in [6.07, 6.45) is 4.12. The molecule has 1 aromatic rings. The number of hydrogen-bond acceptors (Lipinski definition) is 0. The predicted octanol–water partition coefficient (Wildman–Crippen LogP) is 3.52. The van der Waals surface area contributed by atoms with Crippen molar-refractivity contribution in [1.82, 2.24) is 0 Å². The van der Waals surface area contributed by atoms with Gasteiger partial charge in [-0.2, -0.15) is 0 Å². The maximum atomic E-state index is 3.64. The first-order valence-corrected chi connectivity index (χ1v) is 8.28. The standard InChI is InChI=1S/C14H18Si/c1-5-9-13-10-7-8-11-14(13)15(3,4)12-6-2/h6-12H,1H2,2-4H3/b12-6+. The lowest BCUT2D eigenvalue weighted by atomic mass is 10.2. The first kappa shape index (κ1) is 11.8. The highest BCUT2D eigenvalue weighted by Gasteiger charge is 2.21. The molecule has 1 aromatic carbocycles. The van der Waals surface area contributed by atoms with Crippen molar-refractivity contribution in [2.24, 2.45) is 0 Å². The van der Waals surface area contributed by atoms with Crippen LogP contribution in [0.4, 0.5) is 0 Å². The molecule has 0 amide bonds. The third-order valence-electron chi connectivity index (χ3n) is 2.50. The van der Waals surface area contributed by atoms with Gasteiger partial charge < -0.3 is 0 Å². The van der Waals surface area contributed by atoms with Gasteiger partial charge in [-0.1, -0.05) is 55.7 Å². The zero-order valence-corrected chi connectivity index (χ0v) is 10.7. The largest absolute Gasteiger partial charge is 0.128 e. The smallest absolute Gasteiger partial charge is 0.104 e. The first-order chi connectivity index (χ1) is 7.11. The van der Waals surface area contributed by atoms with Crippen LogP contribution in [0.1, 0.15) is 12.5 Å². The van der Waals surface area contributed by atoms with Crippen molar-refractivity contribution in [3.05, 3.63) is 53.9 Å². The van der Waals surface area contributed by atoms with Crippen LogP contribution in [0.25, 0.3) is 6.08 Å². The molecular formula is C14H18Si. The average molecular weight is 214 g/mol. The monoisotopic (exact) mass is 214 g/mol. The van der Waals surface area contributed by atoms with Gasteiger partial charge in [-0.05, 0) is 23.7 Å². The van der Waals surface area contributed by atoms with Gasteiger partial charge >= 0.3 is 0 Å². The Morgan fingerprint density at radius 1 is 1.27 bits per heavy atom. The Balaban J connectivity index is 3.29. The Bertz CT molecular complexity index is 407. The highest BCUT2D eigenvalue weighted by atomic mass is 28.3. The molecule has 0 aromatic heterocycles. The SMILES string of the molecule is C=C=Cc1ccccc1[Si](C)(C)/C=C/C. The van der Waals surface area contributed by atoms with Crippen LogP contribution in [-0.2, 0) is 0 Å². The molecule has 0 heterocycles. The molecule has 0 atom stereocenters. The van der Waals surface area contributed by atoms with Crippen molar-refractivity contribution >= 4 is 19.3 Å². The van der Waals surface area contributed by atoms with E-state index in [9.17, 15) is 0 Å². The minimum atomic E-state index is -1.44. The van der Waals surface area contributed by atoms with Gasteiger partial charge in [0.25, 0.3) is 0 Å². The number of benzene rings is 1. The fourth-order valence-electron chi connectivity index (χ4n) is 1.83. The average Bonchev–Trinajstić information content (AvgIpc) is 2.19. The van der Waals surface area contributed by atoms with E-state index >= 15 is 0 Å². The van der Waals surface area contributed by atoms with Crippen LogP contribution >= 0.6 is 0 Å². The fraction of sp³-hybridized carbons (Fsp3) is 0.214. The predicted molar refractivity (Wildman–Crippen MR) is 72.0 cm³/mol. The Labute approximate surface area is 93.7 Å². The van der Waals surface area contributed by atoms with Crippen molar-refractivity contribution in [2.75, 3.05) is 0 Å². The molecule has 0 spiro atoms. The van der Waals surface area contributed by atoms with E-state index in [1.807, 2.05) is 6.08 Å². The lowest BCUT2D eigenvalue weighted by Crippen LogP contribution is -2.41.